The van der Waals surface area contributed by atoms with E-state index in [4.69, 9.17) is 89.3 Å². The Morgan fingerprint density at radius 3 is 1.42 bits per heavy atom. The molecule has 0 saturated carbocycles. The Morgan fingerprint density at radius 1 is 0.649 bits per heavy atom. The lowest BCUT2D eigenvalue weighted by atomic mass is 10.1. The molecule has 1 amide bonds. The summed E-state index contributed by atoms with van der Waals surface area (Å²) in [6.07, 6.45) is 1.41. The Bertz CT molecular complexity index is 2050. The number of nitrogens with one attached hydrogen (secondary N) is 3. The first-order valence-electron chi connectivity index (χ1n) is 17.3. The van der Waals surface area contributed by atoms with E-state index in [0.717, 1.165) is 12.8 Å². The molecule has 0 heterocycles. The first kappa shape index (κ1) is 47.5. The molecule has 10 nitrogen and oxygen atoms in total. The maximum Gasteiger partial charge on any atom is 0.322 e. The zero-order valence-corrected chi connectivity index (χ0v) is 35.5. The number of rotatable bonds is 17. The van der Waals surface area contributed by atoms with E-state index >= 15 is 0 Å². The molecule has 0 saturated heterocycles. The third-order valence-electron chi connectivity index (χ3n) is 8.07. The fourth-order valence-corrected chi connectivity index (χ4v) is 6.58. The predicted molar refractivity (Wildman–Crippen MR) is 222 cm³/mol. The maximum atomic E-state index is 14.8. The van der Waals surface area contributed by atoms with Gasteiger partial charge in [-0.15, -0.1) is 0 Å². The van der Waals surface area contributed by atoms with Gasteiger partial charge in [-0.25, -0.2) is 8.78 Å². The topological polar surface area (TPSA) is 146 Å². The second kappa shape index (κ2) is 22.3. The van der Waals surface area contributed by atoms with Gasteiger partial charge in [0.1, 0.15) is 19.8 Å². The van der Waals surface area contributed by atoms with E-state index in [1.54, 1.807) is 0 Å². The Balaban J connectivity index is 0.000000307. The molecule has 308 valence electrons. The largest absolute Gasteiger partial charge is 0.486 e. The maximum absolute atomic E-state index is 14.8. The second-order valence-electron chi connectivity index (χ2n) is 12.6. The first-order chi connectivity index (χ1) is 26.8. The summed E-state index contributed by atoms with van der Waals surface area (Å²) in [6, 6.07) is 11.5. The summed E-state index contributed by atoms with van der Waals surface area (Å²) in [7, 11) is 0. The molecule has 57 heavy (non-hydrogen) atoms. The van der Waals surface area contributed by atoms with Gasteiger partial charge in [0.25, 0.3) is 5.91 Å². The molecule has 4 aromatic rings. The van der Waals surface area contributed by atoms with Gasteiger partial charge in [-0.1, -0.05) is 83.5 Å². The number of hydrogen-bond donors (Lipinski definition) is 5. The van der Waals surface area contributed by atoms with Crippen molar-refractivity contribution in [3.63, 3.8) is 0 Å². The van der Waals surface area contributed by atoms with Crippen molar-refractivity contribution < 1.29 is 42.9 Å². The van der Waals surface area contributed by atoms with Crippen LogP contribution in [0.15, 0.2) is 48.5 Å². The minimum Gasteiger partial charge on any atom is -0.486 e. The molecule has 4 rings (SSSR count). The molecule has 2 atom stereocenters. The summed E-state index contributed by atoms with van der Waals surface area (Å²) >= 11 is 36.8. The van der Waals surface area contributed by atoms with E-state index in [-0.39, 0.29) is 85.7 Å². The van der Waals surface area contributed by atoms with Crippen LogP contribution in [0.1, 0.15) is 67.6 Å². The number of hydrogen-bond acceptors (Lipinski definition) is 7. The quantitative estimate of drug-likeness (QED) is 0.0699. The van der Waals surface area contributed by atoms with Crippen LogP contribution in [-0.4, -0.2) is 46.7 Å². The van der Waals surface area contributed by atoms with Gasteiger partial charge in [0.2, 0.25) is 0 Å². The summed E-state index contributed by atoms with van der Waals surface area (Å²) in [5, 5.41) is 26.8. The number of anilines is 2. The van der Waals surface area contributed by atoms with Gasteiger partial charge in [-0.05, 0) is 80.8 Å². The standard InChI is InChI=1S/C20H20Cl3FN2O4.C19H19Cl3FNO3/c1-3-10(2)26-16-7-13(21)4-12(18(16)24)9-30-19-14(22)5-11(6-15(19)23)20(29)25-8-17(27)28;1-3-10(2)24-16-8-13(20)7-12(18(16)23)9-27-19-14(21)4-11(5-15(19)22)6-17(25)26/h4-7,10,26H,3,8-9H2,1-2H3,(H,25,29)(H,27,28);4-5,7-8,10,24H,3,6,9H2,1-2H3,(H,25,26). The molecule has 0 aliphatic carbocycles. The number of amides is 1. The van der Waals surface area contributed by atoms with E-state index in [1.807, 2.05) is 27.7 Å². The average molecular weight is 912 g/mol. The van der Waals surface area contributed by atoms with Crippen molar-refractivity contribution in [1.29, 1.82) is 0 Å². The SMILES string of the molecule is CCC(C)Nc1cc(Cl)cc(COc2c(Cl)cc(C(=O)NCC(=O)O)cc2Cl)c1F.CCC(C)Nc1cc(Cl)cc(COc2c(Cl)cc(CC(=O)O)cc2Cl)c1F. The van der Waals surface area contributed by atoms with E-state index < -0.39 is 36.0 Å². The highest BCUT2D eigenvalue weighted by Crippen LogP contribution is 2.37. The average Bonchev–Trinajstić information content (AvgIpc) is 3.13. The van der Waals surface area contributed by atoms with Gasteiger partial charge in [0.15, 0.2) is 23.1 Å². The van der Waals surface area contributed by atoms with Crippen molar-refractivity contribution in [2.75, 3.05) is 17.2 Å². The summed E-state index contributed by atoms with van der Waals surface area (Å²) < 4.78 is 40.7. The number of benzene rings is 4. The molecule has 0 aliphatic heterocycles. The lowest BCUT2D eigenvalue weighted by Crippen LogP contribution is -2.29. The molecule has 2 unspecified atom stereocenters. The Hall–Kier alpha value is -3.91. The molecular weight excluding hydrogens is 873 g/mol. The van der Waals surface area contributed by atoms with Crippen LogP contribution in [0.25, 0.3) is 0 Å². The second-order valence-corrected chi connectivity index (χ2v) is 15.1. The Kier molecular flexibility index (Phi) is 18.6. The Labute approximate surface area is 358 Å². The van der Waals surface area contributed by atoms with Crippen LogP contribution >= 0.6 is 69.6 Å². The smallest absolute Gasteiger partial charge is 0.322 e. The summed E-state index contributed by atoms with van der Waals surface area (Å²) in [5.74, 6) is -3.60. The van der Waals surface area contributed by atoms with E-state index in [1.165, 1.54) is 48.5 Å². The van der Waals surface area contributed by atoms with Crippen molar-refractivity contribution in [1.82, 2.24) is 5.32 Å². The predicted octanol–water partition coefficient (Wildman–Crippen LogP) is 11.6. The number of carboxylic acid groups (broad SMARTS) is 2. The van der Waals surface area contributed by atoms with Crippen LogP contribution in [0.5, 0.6) is 11.5 Å². The number of carbonyl (C=O) groups is 3. The molecule has 5 N–H and O–H groups in total. The molecule has 0 spiro atoms. The van der Waals surface area contributed by atoms with Crippen molar-refractivity contribution >= 4 is 98.8 Å². The highest BCUT2D eigenvalue weighted by molar-refractivity contribution is 6.38. The van der Waals surface area contributed by atoms with Crippen molar-refractivity contribution in [3.8, 4) is 11.5 Å². The fourth-order valence-electron chi connectivity index (χ4n) is 4.86. The van der Waals surface area contributed by atoms with Crippen LogP contribution in [0.2, 0.25) is 30.1 Å². The molecule has 0 radical (unpaired) electrons. The molecule has 0 bridgehead atoms. The van der Waals surface area contributed by atoms with Crippen LogP contribution in [-0.2, 0) is 29.2 Å². The number of halogens is 8. The first-order valence-corrected chi connectivity index (χ1v) is 19.5. The zero-order valence-electron chi connectivity index (χ0n) is 31.0. The molecule has 18 heteroatoms. The number of aliphatic carboxylic acids is 2. The zero-order chi connectivity index (χ0) is 42.6. The van der Waals surface area contributed by atoms with Crippen molar-refractivity contribution in [2.45, 2.75) is 72.3 Å². The summed E-state index contributed by atoms with van der Waals surface area (Å²) in [6.45, 7) is 6.93. The number of carbonyl (C=O) groups excluding carboxylic acids is 1. The monoisotopic (exact) mass is 909 g/mol. The van der Waals surface area contributed by atoms with Crippen LogP contribution in [0.3, 0.4) is 0 Å². The van der Waals surface area contributed by atoms with E-state index in [0.29, 0.717) is 21.3 Å². The van der Waals surface area contributed by atoms with Crippen LogP contribution in [0, 0.1) is 11.6 Å². The number of carboxylic acids is 2. The molecule has 0 aromatic heterocycles. The van der Waals surface area contributed by atoms with E-state index in [9.17, 15) is 23.2 Å². The third kappa shape index (κ3) is 14.5. The molecule has 0 aliphatic rings. The van der Waals surface area contributed by atoms with Gasteiger partial charge >= 0.3 is 11.9 Å². The minimum absolute atomic E-state index is 0.0170. The normalized spacial score (nSPS) is 11.8. The van der Waals surface area contributed by atoms with Gasteiger partial charge in [0, 0.05) is 38.8 Å². The minimum atomic E-state index is -1.19. The third-order valence-corrected chi connectivity index (χ3v) is 9.63. The van der Waals surface area contributed by atoms with Crippen molar-refractivity contribution in [2.24, 2.45) is 0 Å². The lowest BCUT2D eigenvalue weighted by molar-refractivity contribution is -0.137. The van der Waals surface area contributed by atoms with Crippen LogP contribution in [0.4, 0.5) is 20.2 Å². The highest BCUT2D eigenvalue weighted by Gasteiger charge is 2.19. The van der Waals surface area contributed by atoms with Gasteiger partial charge in [-0.3, -0.25) is 14.4 Å². The van der Waals surface area contributed by atoms with Gasteiger partial charge < -0.3 is 35.6 Å². The Morgan fingerprint density at radius 2 is 1.05 bits per heavy atom. The highest BCUT2D eigenvalue weighted by atomic mass is 35.5. The van der Waals surface area contributed by atoms with Gasteiger partial charge in [-0.2, -0.15) is 0 Å². The van der Waals surface area contributed by atoms with Gasteiger partial charge in [0.05, 0.1) is 37.9 Å². The van der Waals surface area contributed by atoms with Crippen LogP contribution < -0.4 is 25.4 Å². The summed E-state index contributed by atoms with van der Waals surface area (Å²) in [5.41, 5.74) is 1.51. The summed E-state index contributed by atoms with van der Waals surface area (Å²) in [4.78, 5) is 33.3. The molecule has 0 fully saturated rings. The molecule has 4 aromatic carbocycles. The number of ether oxygens (including phenoxy) is 2. The lowest BCUT2D eigenvalue weighted by Gasteiger charge is -2.17. The molecular formula is C39H39Cl6F2N3O7. The van der Waals surface area contributed by atoms with E-state index in [2.05, 4.69) is 16.0 Å². The fraction of sp³-hybridized carbons (Fsp3) is 0.308. The van der Waals surface area contributed by atoms with Crippen molar-refractivity contribution in [3.05, 3.63) is 113 Å².